The normalized spacial score (nSPS) is 15.5. The van der Waals surface area contributed by atoms with Crippen LogP contribution in [0.15, 0.2) is 42.5 Å². The molecule has 0 aliphatic carbocycles. The molecule has 1 amide bonds. The van der Waals surface area contributed by atoms with Crippen LogP contribution in [0.3, 0.4) is 0 Å². The molecule has 2 aromatic carbocycles. The van der Waals surface area contributed by atoms with E-state index in [4.69, 9.17) is 25.8 Å². The highest BCUT2D eigenvalue weighted by molar-refractivity contribution is 6.31. The lowest BCUT2D eigenvalue weighted by Gasteiger charge is -2.33. The van der Waals surface area contributed by atoms with Gasteiger partial charge in [0.05, 0.1) is 25.9 Å². The Balaban J connectivity index is 1.46. The first kappa shape index (κ1) is 25.5. The Kier molecular flexibility index (Phi) is 9.04. The summed E-state index contributed by atoms with van der Waals surface area (Å²) in [6.07, 6.45) is 2.63. The molecule has 1 atom stereocenters. The van der Waals surface area contributed by atoms with Crippen LogP contribution in [0.1, 0.15) is 29.3 Å². The number of carbonyl (C=O) groups is 1. The number of amides is 1. The van der Waals surface area contributed by atoms with Crippen LogP contribution in [0.5, 0.6) is 5.75 Å². The fourth-order valence-corrected chi connectivity index (χ4v) is 4.95. The number of aromatic nitrogens is 1. The second kappa shape index (κ2) is 12.4. The SMILES string of the molecule is COCCN(CCCOc1cccc(C2c3[nH]c4ccc(Cl)cc4c3CCN2C=O)c1)CCOC. The van der Waals surface area contributed by atoms with Gasteiger partial charge in [-0.05, 0) is 54.3 Å². The maximum atomic E-state index is 12.0. The van der Waals surface area contributed by atoms with Crippen molar-refractivity contribution in [1.29, 1.82) is 0 Å². The first-order chi connectivity index (χ1) is 17.1. The van der Waals surface area contributed by atoms with Crippen LogP contribution in [0.25, 0.3) is 10.9 Å². The van der Waals surface area contributed by atoms with Crippen LogP contribution < -0.4 is 4.74 Å². The van der Waals surface area contributed by atoms with E-state index < -0.39 is 0 Å². The quantitative estimate of drug-likeness (QED) is 0.281. The molecular weight excluding hydrogens is 466 g/mol. The van der Waals surface area contributed by atoms with Crippen molar-refractivity contribution < 1.29 is 19.0 Å². The van der Waals surface area contributed by atoms with Crippen LogP contribution in [0.4, 0.5) is 0 Å². The van der Waals surface area contributed by atoms with Gasteiger partial charge in [0.25, 0.3) is 0 Å². The molecule has 1 aliphatic rings. The smallest absolute Gasteiger partial charge is 0.210 e. The topological polar surface area (TPSA) is 67.0 Å². The van der Waals surface area contributed by atoms with Gasteiger partial charge in [0, 0.05) is 62.0 Å². The standard InChI is InChI=1S/C27H34ClN3O4/c1-33-15-12-30(13-16-34-2)10-4-14-35-22-6-3-5-20(17-22)27-26-23(9-11-31(27)19-32)24-18-21(28)7-8-25(24)29-26/h3,5-8,17-19,27,29H,4,9-16H2,1-2H3. The van der Waals surface area contributed by atoms with Gasteiger partial charge in [-0.15, -0.1) is 0 Å². The summed E-state index contributed by atoms with van der Waals surface area (Å²) >= 11 is 6.27. The van der Waals surface area contributed by atoms with E-state index in [9.17, 15) is 4.79 Å². The average Bonchev–Trinajstić information content (AvgIpc) is 3.24. The highest BCUT2D eigenvalue weighted by Crippen LogP contribution is 2.39. The fourth-order valence-electron chi connectivity index (χ4n) is 4.78. The van der Waals surface area contributed by atoms with Crippen LogP contribution in [-0.2, 0) is 20.7 Å². The predicted molar refractivity (Wildman–Crippen MR) is 138 cm³/mol. The Bertz CT molecular complexity index is 1110. The Labute approximate surface area is 211 Å². The maximum absolute atomic E-state index is 12.0. The zero-order valence-electron chi connectivity index (χ0n) is 20.5. The first-order valence-electron chi connectivity index (χ1n) is 12.1. The van der Waals surface area contributed by atoms with E-state index in [1.165, 1.54) is 5.56 Å². The number of aromatic amines is 1. The molecule has 3 aromatic rings. The van der Waals surface area contributed by atoms with Crippen molar-refractivity contribution in [2.45, 2.75) is 18.9 Å². The summed E-state index contributed by atoms with van der Waals surface area (Å²) in [4.78, 5) is 19.7. The predicted octanol–water partition coefficient (Wildman–Crippen LogP) is 4.29. The van der Waals surface area contributed by atoms with Gasteiger partial charge < -0.3 is 24.1 Å². The first-order valence-corrected chi connectivity index (χ1v) is 12.5. The largest absolute Gasteiger partial charge is 0.494 e. The van der Waals surface area contributed by atoms with Gasteiger partial charge in [-0.25, -0.2) is 0 Å². The summed E-state index contributed by atoms with van der Waals surface area (Å²) in [5.74, 6) is 0.806. The molecule has 1 aliphatic heterocycles. The number of benzene rings is 2. The zero-order valence-corrected chi connectivity index (χ0v) is 21.2. The lowest BCUT2D eigenvalue weighted by atomic mass is 9.93. The molecule has 188 valence electrons. The van der Waals surface area contributed by atoms with Crippen molar-refractivity contribution >= 4 is 28.9 Å². The molecule has 0 spiro atoms. The summed E-state index contributed by atoms with van der Waals surface area (Å²) in [7, 11) is 3.44. The molecule has 4 rings (SSSR count). The number of hydrogen-bond acceptors (Lipinski definition) is 5. The third-order valence-corrected chi connectivity index (χ3v) is 6.78. The average molecular weight is 500 g/mol. The van der Waals surface area contributed by atoms with Crippen molar-refractivity contribution in [3.05, 3.63) is 64.3 Å². The van der Waals surface area contributed by atoms with Crippen molar-refractivity contribution in [3.63, 3.8) is 0 Å². The van der Waals surface area contributed by atoms with Gasteiger partial charge in [-0.1, -0.05) is 23.7 Å². The number of H-pyrrole nitrogens is 1. The molecule has 0 saturated carbocycles. The number of fused-ring (bicyclic) bond motifs is 3. The Morgan fingerprint density at radius 1 is 1.09 bits per heavy atom. The highest BCUT2D eigenvalue weighted by Gasteiger charge is 2.31. The fraction of sp³-hybridized carbons (Fsp3) is 0.444. The molecule has 7 nitrogen and oxygen atoms in total. The van der Waals surface area contributed by atoms with Gasteiger partial charge in [0.1, 0.15) is 5.75 Å². The van der Waals surface area contributed by atoms with Crippen molar-refractivity contribution in [2.75, 3.05) is 60.2 Å². The number of nitrogens with one attached hydrogen (secondary N) is 1. The van der Waals surface area contributed by atoms with E-state index >= 15 is 0 Å². The van der Waals surface area contributed by atoms with Gasteiger partial charge in [-0.2, -0.15) is 0 Å². The molecule has 2 heterocycles. The number of rotatable bonds is 13. The molecule has 0 fully saturated rings. The molecule has 1 unspecified atom stereocenters. The van der Waals surface area contributed by atoms with Crippen LogP contribution in [-0.4, -0.2) is 81.4 Å². The molecule has 0 radical (unpaired) electrons. The minimum absolute atomic E-state index is 0.190. The second-order valence-electron chi connectivity index (χ2n) is 8.80. The van der Waals surface area contributed by atoms with Crippen LogP contribution in [0, 0.1) is 0 Å². The number of carbonyl (C=O) groups excluding carboxylic acids is 1. The Hall–Kier alpha value is -2.58. The lowest BCUT2D eigenvalue weighted by molar-refractivity contribution is -0.120. The highest BCUT2D eigenvalue weighted by atomic mass is 35.5. The number of ether oxygens (including phenoxy) is 3. The number of hydrogen-bond donors (Lipinski definition) is 1. The zero-order chi connectivity index (χ0) is 24.6. The van der Waals surface area contributed by atoms with Crippen LogP contribution in [0.2, 0.25) is 5.02 Å². The third kappa shape index (κ3) is 6.16. The van der Waals surface area contributed by atoms with E-state index in [0.717, 1.165) is 66.8 Å². The maximum Gasteiger partial charge on any atom is 0.210 e. The summed E-state index contributed by atoms with van der Waals surface area (Å²) in [6.45, 7) is 5.32. The lowest BCUT2D eigenvalue weighted by Crippen LogP contribution is -2.35. The van der Waals surface area contributed by atoms with E-state index in [2.05, 4.69) is 16.0 Å². The summed E-state index contributed by atoms with van der Waals surface area (Å²) in [5, 5.41) is 1.84. The molecule has 1 N–H and O–H groups in total. The summed E-state index contributed by atoms with van der Waals surface area (Å²) in [5.41, 5.74) is 4.33. The summed E-state index contributed by atoms with van der Waals surface area (Å²) < 4.78 is 16.5. The summed E-state index contributed by atoms with van der Waals surface area (Å²) in [6, 6.07) is 13.8. The molecule has 8 heteroatoms. The van der Waals surface area contributed by atoms with E-state index in [1.807, 2.05) is 41.3 Å². The number of halogens is 1. The van der Waals surface area contributed by atoms with E-state index in [1.54, 1.807) is 14.2 Å². The van der Waals surface area contributed by atoms with E-state index in [0.29, 0.717) is 31.4 Å². The molecule has 0 bridgehead atoms. The Morgan fingerprint density at radius 2 is 1.89 bits per heavy atom. The monoisotopic (exact) mass is 499 g/mol. The van der Waals surface area contributed by atoms with Gasteiger partial charge >= 0.3 is 0 Å². The molecule has 1 aromatic heterocycles. The second-order valence-corrected chi connectivity index (χ2v) is 9.24. The molecular formula is C27H34ClN3O4. The van der Waals surface area contributed by atoms with Crippen molar-refractivity contribution in [1.82, 2.24) is 14.8 Å². The minimum Gasteiger partial charge on any atom is -0.494 e. The third-order valence-electron chi connectivity index (χ3n) is 6.55. The minimum atomic E-state index is -0.190. The Morgan fingerprint density at radius 3 is 2.63 bits per heavy atom. The van der Waals surface area contributed by atoms with Gasteiger partial charge in [0.2, 0.25) is 6.41 Å². The molecule has 35 heavy (non-hydrogen) atoms. The van der Waals surface area contributed by atoms with Crippen molar-refractivity contribution in [2.24, 2.45) is 0 Å². The van der Waals surface area contributed by atoms with Gasteiger partial charge in [0.15, 0.2) is 0 Å². The van der Waals surface area contributed by atoms with Crippen molar-refractivity contribution in [3.8, 4) is 5.75 Å². The van der Waals surface area contributed by atoms with Crippen LogP contribution >= 0.6 is 11.6 Å². The van der Waals surface area contributed by atoms with Gasteiger partial charge in [-0.3, -0.25) is 9.69 Å². The number of methoxy groups -OCH3 is 2. The molecule has 0 saturated heterocycles. The van der Waals surface area contributed by atoms with E-state index in [-0.39, 0.29) is 6.04 Å². The number of nitrogens with zero attached hydrogens (tertiary/aromatic N) is 2.